The van der Waals surface area contributed by atoms with Crippen LogP contribution in [-0.4, -0.2) is 34.9 Å². The Morgan fingerprint density at radius 3 is 3.17 bits per heavy atom. The largest absolute Gasteiger partial charge is 0.385 e. The molecule has 18 heavy (non-hydrogen) atoms. The predicted octanol–water partition coefficient (Wildman–Crippen LogP) is 2.58. The molecule has 0 amide bonds. The van der Waals surface area contributed by atoms with Crippen molar-refractivity contribution in [1.29, 1.82) is 0 Å². The van der Waals surface area contributed by atoms with Crippen molar-refractivity contribution >= 4 is 27.4 Å². The van der Waals surface area contributed by atoms with Crippen LogP contribution in [0.4, 0.5) is 5.82 Å². The highest BCUT2D eigenvalue weighted by Crippen LogP contribution is 2.17. The van der Waals surface area contributed by atoms with E-state index in [9.17, 15) is 0 Å². The number of halogens is 1. The molecule has 2 aromatic heterocycles. The van der Waals surface area contributed by atoms with Gasteiger partial charge in [-0.1, -0.05) is 6.92 Å². The number of rotatable bonds is 6. The monoisotopic (exact) mass is 312 g/mol. The fourth-order valence-corrected chi connectivity index (χ4v) is 2.00. The fourth-order valence-electron chi connectivity index (χ4n) is 1.64. The third kappa shape index (κ3) is 3.20. The summed E-state index contributed by atoms with van der Waals surface area (Å²) in [6.07, 6.45) is 4.69. The molecule has 2 aromatic rings. The summed E-state index contributed by atoms with van der Waals surface area (Å²) in [5.41, 5.74) is 0.824. The minimum atomic E-state index is 0.552. The van der Waals surface area contributed by atoms with Gasteiger partial charge in [0.15, 0.2) is 5.65 Å². The van der Waals surface area contributed by atoms with E-state index in [0.717, 1.165) is 35.5 Å². The number of aromatic nitrogens is 3. The van der Waals surface area contributed by atoms with Crippen molar-refractivity contribution in [3.05, 3.63) is 22.9 Å². The summed E-state index contributed by atoms with van der Waals surface area (Å²) in [6.45, 7) is 3.88. The molecule has 1 N–H and O–H groups in total. The molecule has 1 atom stereocenters. The summed E-state index contributed by atoms with van der Waals surface area (Å²) in [7, 11) is 1.73. The Balaban J connectivity index is 1.97. The first-order valence-electron chi connectivity index (χ1n) is 5.93. The number of methoxy groups -OCH3 is 1. The smallest absolute Gasteiger partial charge is 0.171 e. The van der Waals surface area contributed by atoms with Crippen LogP contribution in [0.1, 0.15) is 13.3 Å². The lowest BCUT2D eigenvalue weighted by Gasteiger charge is -2.12. The SMILES string of the molecule is COCCC(C)CNc1ccn2ncc(Br)c2n1. The maximum atomic E-state index is 5.07. The first kappa shape index (κ1) is 13.3. The molecule has 5 nitrogen and oxygen atoms in total. The van der Waals surface area contributed by atoms with Crippen LogP contribution in [0.5, 0.6) is 0 Å². The second kappa shape index (κ2) is 6.15. The van der Waals surface area contributed by atoms with Gasteiger partial charge in [-0.05, 0) is 34.3 Å². The van der Waals surface area contributed by atoms with Gasteiger partial charge in [-0.3, -0.25) is 0 Å². The van der Waals surface area contributed by atoms with Gasteiger partial charge in [0.1, 0.15) is 5.82 Å². The summed E-state index contributed by atoms with van der Waals surface area (Å²) in [5.74, 6) is 1.42. The van der Waals surface area contributed by atoms with E-state index in [4.69, 9.17) is 4.74 Å². The molecule has 0 saturated heterocycles. The van der Waals surface area contributed by atoms with E-state index in [1.54, 1.807) is 17.8 Å². The molecule has 2 rings (SSSR count). The van der Waals surface area contributed by atoms with E-state index in [1.165, 1.54) is 0 Å². The zero-order chi connectivity index (χ0) is 13.0. The fraction of sp³-hybridized carbons (Fsp3) is 0.500. The van der Waals surface area contributed by atoms with Crippen LogP contribution >= 0.6 is 15.9 Å². The predicted molar refractivity (Wildman–Crippen MR) is 74.8 cm³/mol. The van der Waals surface area contributed by atoms with Gasteiger partial charge >= 0.3 is 0 Å². The lowest BCUT2D eigenvalue weighted by molar-refractivity contribution is 0.182. The molecule has 0 aliphatic carbocycles. The van der Waals surface area contributed by atoms with Crippen molar-refractivity contribution < 1.29 is 4.74 Å². The molecule has 0 aromatic carbocycles. The average Bonchev–Trinajstić information content (AvgIpc) is 2.75. The average molecular weight is 313 g/mol. The molecule has 2 heterocycles. The van der Waals surface area contributed by atoms with Crippen molar-refractivity contribution in [2.75, 3.05) is 25.6 Å². The first-order chi connectivity index (χ1) is 8.70. The molecular weight excluding hydrogens is 296 g/mol. The Hall–Kier alpha value is -1.14. The van der Waals surface area contributed by atoms with Crippen LogP contribution in [0.3, 0.4) is 0 Å². The zero-order valence-corrected chi connectivity index (χ0v) is 12.1. The number of fused-ring (bicyclic) bond motifs is 1. The highest BCUT2D eigenvalue weighted by molar-refractivity contribution is 9.10. The van der Waals surface area contributed by atoms with Gasteiger partial charge in [0.25, 0.3) is 0 Å². The minimum Gasteiger partial charge on any atom is -0.385 e. The molecule has 0 radical (unpaired) electrons. The van der Waals surface area contributed by atoms with E-state index >= 15 is 0 Å². The second-order valence-corrected chi connectivity index (χ2v) is 5.20. The first-order valence-corrected chi connectivity index (χ1v) is 6.72. The van der Waals surface area contributed by atoms with Crippen molar-refractivity contribution in [3.8, 4) is 0 Å². The molecule has 0 aliphatic rings. The van der Waals surface area contributed by atoms with Crippen LogP contribution in [0, 0.1) is 5.92 Å². The number of hydrogen-bond donors (Lipinski definition) is 1. The summed E-state index contributed by atoms with van der Waals surface area (Å²) in [4.78, 5) is 4.50. The summed E-state index contributed by atoms with van der Waals surface area (Å²) < 4.78 is 7.71. The maximum absolute atomic E-state index is 5.07. The Morgan fingerprint density at radius 1 is 1.56 bits per heavy atom. The lowest BCUT2D eigenvalue weighted by atomic mass is 10.1. The molecule has 98 valence electrons. The molecule has 0 bridgehead atoms. The van der Waals surface area contributed by atoms with Crippen LogP contribution < -0.4 is 5.32 Å². The van der Waals surface area contributed by atoms with Crippen LogP contribution in [0.15, 0.2) is 22.9 Å². The van der Waals surface area contributed by atoms with Gasteiger partial charge in [0.2, 0.25) is 0 Å². The Morgan fingerprint density at radius 2 is 2.39 bits per heavy atom. The minimum absolute atomic E-state index is 0.552. The van der Waals surface area contributed by atoms with E-state index in [1.807, 2.05) is 12.3 Å². The highest BCUT2D eigenvalue weighted by atomic mass is 79.9. The van der Waals surface area contributed by atoms with Crippen molar-refractivity contribution in [3.63, 3.8) is 0 Å². The quantitative estimate of drug-likeness (QED) is 0.890. The highest BCUT2D eigenvalue weighted by Gasteiger charge is 2.05. The number of anilines is 1. The number of hydrogen-bond acceptors (Lipinski definition) is 4. The summed E-state index contributed by atoms with van der Waals surface area (Å²) >= 11 is 3.43. The number of ether oxygens (including phenoxy) is 1. The van der Waals surface area contributed by atoms with Gasteiger partial charge in [-0.25, -0.2) is 9.50 Å². The topological polar surface area (TPSA) is 51.5 Å². The maximum Gasteiger partial charge on any atom is 0.171 e. The van der Waals surface area contributed by atoms with Crippen LogP contribution in [-0.2, 0) is 4.74 Å². The molecular formula is C12H17BrN4O. The number of nitrogens with zero attached hydrogens (tertiary/aromatic N) is 3. The van der Waals surface area contributed by atoms with E-state index in [-0.39, 0.29) is 0 Å². The normalized spacial score (nSPS) is 12.8. The Kier molecular flexibility index (Phi) is 4.54. The third-order valence-corrected chi connectivity index (χ3v) is 3.33. The van der Waals surface area contributed by atoms with Crippen molar-refractivity contribution in [2.24, 2.45) is 5.92 Å². The summed E-state index contributed by atoms with van der Waals surface area (Å²) in [5, 5.41) is 7.49. The molecule has 0 saturated carbocycles. The Labute approximate surface area is 115 Å². The van der Waals surface area contributed by atoms with Gasteiger partial charge in [0, 0.05) is 26.5 Å². The molecule has 6 heteroatoms. The zero-order valence-electron chi connectivity index (χ0n) is 10.6. The van der Waals surface area contributed by atoms with Crippen molar-refractivity contribution in [2.45, 2.75) is 13.3 Å². The second-order valence-electron chi connectivity index (χ2n) is 4.34. The van der Waals surface area contributed by atoms with E-state index in [2.05, 4.69) is 38.3 Å². The molecule has 0 aliphatic heterocycles. The van der Waals surface area contributed by atoms with Crippen molar-refractivity contribution in [1.82, 2.24) is 14.6 Å². The van der Waals surface area contributed by atoms with Gasteiger partial charge in [-0.15, -0.1) is 0 Å². The summed E-state index contributed by atoms with van der Waals surface area (Å²) in [6, 6.07) is 1.93. The number of nitrogens with one attached hydrogen (secondary N) is 1. The lowest BCUT2D eigenvalue weighted by Crippen LogP contribution is -2.14. The van der Waals surface area contributed by atoms with Gasteiger partial charge in [0.05, 0.1) is 10.7 Å². The van der Waals surface area contributed by atoms with E-state index in [0.29, 0.717) is 5.92 Å². The van der Waals surface area contributed by atoms with E-state index < -0.39 is 0 Å². The molecule has 0 spiro atoms. The standard InChI is InChI=1S/C12H17BrN4O/c1-9(4-6-18-2)7-14-11-3-5-17-12(16-11)10(13)8-15-17/h3,5,8-9H,4,6-7H2,1-2H3,(H,14,16). The molecule has 0 fully saturated rings. The molecule has 1 unspecified atom stereocenters. The third-order valence-electron chi connectivity index (χ3n) is 2.77. The van der Waals surface area contributed by atoms with Crippen LogP contribution in [0.25, 0.3) is 5.65 Å². The Bertz CT molecular complexity index is 514. The van der Waals surface area contributed by atoms with Gasteiger partial charge < -0.3 is 10.1 Å². The van der Waals surface area contributed by atoms with Crippen LogP contribution in [0.2, 0.25) is 0 Å². The van der Waals surface area contributed by atoms with Gasteiger partial charge in [-0.2, -0.15) is 5.10 Å².